The molecule has 2 fully saturated rings. The monoisotopic (exact) mass is 140 g/mol. The minimum atomic E-state index is 0.573. The highest BCUT2D eigenvalue weighted by Crippen LogP contribution is 2.28. The van der Waals surface area contributed by atoms with Crippen molar-refractivity contribution < 1.29 is 0 Å². The highest BCUT2D eigenvalue weighted by atomic mass is 15.1. The van der Waals surface area contributed by atoms with Crippen LogP contribution in [0.3, 0.4) is 0 Å². The Morgan fingerprint density at radius 3 is 2.50 bits per heavy atom. The van der Waals surface area contributed by atoms with Crippen molar-refractivity contribution in [3.05, 3.63) is 0 Å². The minimum absolute atomic E-state index is 0.573. The Kier molecular flexibility index (Phi) is 1.66. The maximum atomic E-state index is 3.56. The summed E-state index contributed by atoms with van der Waals surface area (Å²) < 4.78 is 0. The van der Waals surface area contributed by atoms with Gasteiger partial charge in [0.25, 0.3) is 0 Å². The summed E-state index contributed by atoms with van der Waals surface area (Å²) in [6.07, 6.45) is 5.49. The average molecular weight is 140 g/mol. The summed E-state index contributed by atoms with van der Waals surface area (Å²) in [4.78, 5) is 0. The number of nitrogens with one attached hydrogen (secondary N) is 2. The van der Waals surface area contributed by atoms with Crippen LogP contribution in [0.5, 0.6) is 0 Å². The van der Waals surface area contributed by atoms with Crippen LogP contribution >= 0.6 is 0 Å². The van der Waals surface area contributed by atoms with Crippen molar-refractivity contribution in [2.75, 3.05) is 19.6 Å². The average Bonchev–Trinajstić information content (AvgIpc) is 2.08. The molecule has 1 spiro atoms. The number of hydrogen-bond acceptors (Lipinski definition) is 2. The van der Waals surface area contributed by atoms with Gasteiger partial charge in [-0.15, -0.1) is 0 Å². The summed E-state index contributed by atoms with van der Waals surface area (Å²) >= 11 is 0. The maximum Gasteiger partial charge on any atom is 0.0206 e. The van der Waals surface area contributed by atoms with Gasteiger partial charge < -0.3 is 10.6 Å². The van der Waals surface area contributed by atoms with Gasteiger partial charge in [-0.2, -0.15) is 0 Å². The molecule has 2 N–H and O–H groups in total. The van der Waals surface area contributed by atoms with Gasteiger partial charge in [0.15, 0.2) is 0 Å². The molecule has 2 heteroatoms. The fraction of sp³-hybridized carbons (Fsp3) is 1.00. The van der Waals surface area contributed by atoms with Crippen LogP contribution in [0.15, 0.2) is 0 Å². The standard InChI is InChI=1S/C8H16N2/c1-2-8(4-7-10-8)3-6-9-5-1/h9-10H,1-7H2. The summed E-state index contributed by atoms with van der Waals surface area (Å²) in [5, 5.41) is 6.99. The van der Waals surface area contributed by atoms with Crippen LogP contribution in [0.4, 0.5) is 0 Å². The molecule has 1 atom stereocenters. The van der Waals surface area contributed by atoms with Crippen LogP contribution in [0.1, 0.15) is 25.7 Å². The Morgan fingerprint density at radius 1 is 0.900 bits per heavy atom. The highest BCUT2D eigenvalue weighted by molar-refractivity contribution is 4.97. The molecular weight excluding hydrogens is 124 g/mol. The Hall–Kier alpha value is -0.0800. The third-order valence-corrected chi connectivity index (χ3v) is 2.89. The van der Waals surface area contributed by atoms with Gasteiger partial charge in [0.2, 0.25) is 0 Å². The van der Waals surface area contributed by atoms with Crippen molar-refractivity contribution in [1.82, 2.24) is 10.6 Å². The molecule has 0 radical (unpaired) electrons. The number of rotatable bonds is 0. The van der Waals surface area contributed by atoms with Crippen LogP contribution < -0.4 is 10.6 Å². The molecule has 2 nitrogen and oxygen atoms in total. The van der Waals surface area contributed by atoms with E-state index >= 15 is 0 Å². The number of hydrogen-bond donors (Lipinski definition) is 2. The first-order valence-electron chi connectivity index (χ1n) is 4.37. The summed E-state index contributed by atoms with van der Waals surface area (Å²) in [5.41, 5.74) is 0.573. The van der Waals surface area contributed by atoms with E-state index in [1.54, 1.807) is 0 Å². The van der Waals surface area contributed by atoms with E-state index in [2.05, 4.69) is 10.6 Å². The van der Waals surface area contributed by atoms with Crippen molar-refractivity contribution >= 4 is 0 Å². The zero-order valence-electron chi connectivity index (χ0n) is 6.45. The molecule has 58 valence electrons. The van der Waals surface area contributed by atoms with E-state index in [4.69, 9.17) is 0 Å². The van der Waals surface area contributed by atoms with Gasteiger partial charge in [0.1, 0.15) is 0 Å². The van der Waals surface area contributed by atoms with Crippen molar-refractivity contribution in [2.45, 2.75) is 31.2 Å². The molecule has 2 aliphatic rings. The lowest BCUT2D eigenvalue weighted by Crippen LogP contribution is -2.57. The highest BCUT2D eigenvalue weighted by Gasteiger charge is 2.35. The first-order chi connectivity index (χ1) is 4.91. The largest absolute Gasteiger partial charge is 0.317 e. The normalized spacial score (nSPS) is 40.8. The first-order valence-corrected chi connectivity index (χ1v) is 4.37. The predicted molar refractivity (Wildman–Crippen MR) is 42.1 cm³/mol. The van der Waals surface area contributed by atoms with Gasteiger partial charge in [-0.3, -0.25) is 0 Å². The molecule has 1 unspecified atom stereocenters. The Morgan fingerprint density at radius 2 is 1.80 bits per heavy atom. The molecule has 0 saturated carbocycles. The lowest BCUT2D eigenvalue weighted by atomic mass is 9.81. The molecule has 0 aromatic rings. The van der Waals surface area contributed by atoms with E-state index < -0.39 is 0 Å². The third-order valence-electron chi connectivity index (χ3n) is 2.89. The first kappa shape index (κ1) is 6.62. The van der Waals surface area contributed by atoms with Gasteiger partial charge in [-0.1, -0.05) is 0 Å². The summed E-state index contributed by atoms with van der Waals surface area (Å²) in [5.74, 6) is 0. The fourth-order valence-corrected chi connectivity index (χ4v) is 2.03. The molecule has 2 heterocycles. The summed E-state index contributed by atoms with van der Waals surface area (Å²) in [7, 11) is 0. The van der Waals surface area contributed by atoms with Crippen LogP contribution in [0.2, 0.25) is 0 Å². The predicted octanol–water partition coefficient (Wildman–Crippen LogP) is 0.492. The minimum Gasteiger partial charge on any atom is -0.317 e. The van der Waals surface area contributed by atoms with Crippen molar-refractivity contribution in [2.24, 2.45) is 0 Å². The molecule has 0 amide bonds. The molecule has 0 bridgehead atoms. The Bertz CT molecular complexity index is 108. The zero-order valence-corrected chi connectivity index (χ0v) is 6.45. The van der Waals surface area contributed by atoms with Gasteiger partial charge >= 0.3 is 0 Å². The molecular formula is C8H16N2. The Balaban J connectivity index is 1.92. The second kappa shape index (κ2) is 2.51. The molecule has 10 heavy (non-hydrogen) atoms. The van der Waals surface area contributed by atoms with Gasteiger partial charge in [-0.25, -0.2) is 0 Å². The second-order valence-electron chi connectivity index (χ2n) is 3.56. The lowest BCUT2D eigenvalue weighted by Gasteiger charge is -2.42. The van der Waals surface area contributed by atoms with Gasteiger partial charge in [-0.05, 0) is 45.3 Å². The molecule has 2 rings (SSSR count). The molecule has 2 aliphatic heterocycles. The fourth-order valence-electron chi connectivity index (χ4n) is 2.03. The van der Waals surface area contributed by atoms with E-state index in [9.17, 15) is 0 Å². The van der Waals surface area contributed by atoms with Gasteiger partial charge in [0, 0.05) is 5.54 Å². The van der Waals surface area contributed by atoms with Crippen molar-refractivity contribution in [1.29, 1.82) is 0 Å². The topological polar surface area (TPSA) is 24.1 Å². The molecule has 0 aromatic carbocycles. The van der Waals surface area contributed by atoms with Crippen LogP contribution in [-0.2, 0) is 0 Å². The third kappa shape index (κ3) is 1.06. The summed E-state index contributed by atoms with van der Waals surface area (Å²) in [6, 6.07) is 0. The van der Waals surface area contributed by atoms with Crippen molar-refractivity contribution in [3.63, 3.8) is 0 Å². The van der Waals surface area contributed by atoms with E-state index in [-0.39, 0.29) is 0 Å². The van der Waals surface area contributed by atoms with E-state index in [0.29, 0.717) is 5.54 Å². The van der Waals surface area contributed by atoms with E-state index in [1.807, 2.05) is 0 Å². The molecule has 0 aliphatic carbocycles. The Labute approximate surface area is 62.4 Å². The zero-order chi connectivity index (χ0) is 6.86. The van der Waals surface area contributed by atoms with Gasteiger partial charge in [0.05, 0.1) is 0 Å². The van der Waals surface area contributed by atoms with E-state index in [0.717, 1.165) is 0 Å². The molecule has 0 aromatic heterocycles. The van der Waals surface area contributed by atoms with Crippen LogP contribution in [-0.4, -0.2) is 25.2 Å². The summed E-state index contributed by atoms with van der Waals surface area (Å²) in [6.45, 7) is 3.69. The second-order valence-corrected chi connectivity index (χ2v) is 3.56. The lowest BCUT2D eigenvalue weighted by molar-refractivity contribution is 0.185. The smallest absolute Gasteiger partial charge is 0.0206 e. The van der Waals surface area contributed by atoms with Crippen molar-refractivity contribution in [3.8, 4) is 0 Å². The van der Waals surface area contributed by atoms with Crippen LogP contribution in [0, 0.1) is 0 Å². The quantitative estimate of drug-likeness (QED) is 0.512. The van der Waals surface area contributed by atoms with Crippen LogP contribution in [0.25, 0.3) is 0 Å². The molecule has 2 saturated heterocycles. The maximum absolute atomic E-state index is 3.56. The SMILES string of the molecule is C1CNCCC2(C1)CCN2. The van der Waals surface area contributed by atoms with E-state index in [1.165, 1.54) is 45.3 Å².